The first kappa shape index (κ1) is 13.0. The van der Waals surface area contributed by atoms with Gasteiger partial charge in [0.1, 0.15) is 5.65 Å². The molecule has 2 aromatic rings. The molecular weight excluding hydrogens is 254 g/mol. The molecule has 1 N–H and O–H groups in total. The normalized spacial score (nSPS) is 16.3. The highest BCUT2D eigenvalue weighted by atomic mass is 16.4. The zero-order valence-electron chi connectivity index (χ0n) is 11.5. The number of carboxylic acid groups (broad SMARTS) is 1. The van der Waals surface area contributed by atoms with Crippen LogP contribution in [0.2, 0.25) is 0 Å². The molecule has 0 aromatic carbocycles. The second kappa shape index (κ2) is 5.53. The SMILES string of the molecule is O=C(O)Cc1cn2cc(N3CCCCCC3)ccc2n1. The van der Waals surface area contributed by atoms with E-state index < -0.39 is 5.97 Å². The Hall–Kier alpha value is -2.04. The van der Waals surface area contributed by atoms with Gasteiger partial charge in [0.15, 0.2) is 0 Å². The lowest BCUT2D eigenvalue weighted by atomic mass is 10.2. The lowest BCUT2D eigenvalue weighted by Crippen LogP contribution is -2.23. The Balaban J connectivity index is 1.87. The number of hydrogen-bond acceptors (Lipinski definition) is 3. The highest BCUT2D eigenvalue weighted by Gasteiger charge is 2.11. The van der Waals surface area contributed by atoms with Crippen molar-refractivity contribution in [3.63, 3.8) is 0 Å². The van der Waals surface area contributed by atoms with Gasteiger partial charge >= 0.3 is 5.97 Å². The molecule has 2 aromatic heterocycles. The van der Waals surface area contributed by atoms with Crippen LogP contribution in [-0.4, -0.2) is 33.6 Å². The summed E-state index contributed by atoms with van der Waals surface area (Å²) >= 11 is 0. The van der Waals surface area contributed by atoms with Gasteiger partial charge in [-0.3, -0.25) is 4.79 Å². The van der Waals surface area contributed by atoms with Crippen molar-refractivity contribution < 1.29 is 9.90 Å². The second-order valence-electron chi connectivity index (χ2n) is 5.36. The van der Waals surface area contributed by atoms with Gasteiger partial charge in [-0.05, 0) is 25.0 Å². The van der Waals surface area contributed by atoms with Crippen LogP contribution in [0.15, 0.2) is 24.5 Å². The van der Waals surface area contributed by atoms with Crippen LogP contribution in [0.3, 0.4) is 0 Å². The van der Waals surface area contributed by atoms with Gasteiger partial charge in [0.25, 0.3) is 0 Å². The molecule has 0 aliphatic carbocycles. The highest BCUT2D eigenvalue weighted by Crippen LogP contribution is 2.20. The Labute approximate surface area is 117 Å². The molecule has 5 heteroatoms. The van der Waals surface area contributed by atoms with Crippen molar-refractivity contribution in [1.29, 1.82) is 0 Å². The van der Waals surface area contributed by atoms with Crippen molar-refractivity contribution in [1.82, 2.24) is 9.38 Å². The molecule has 0 bridgehead atoms. The molecule has 0 radical (unpaired) electrons. The summed E-state index contributed by atoms with van der Waals surface area (Å²) < 4.78 is 1.93. The summed E-state index contributed by atoms with van der Waals surface area (Å²) in [5, 5.41) is 8.82. The van der Waals surface area contributed by atoms with E-state index in [2.05, 4.69) is 22.1 Å². The van der Waals surface area contributed by atoms with E-state index in [0.717, 1.165) is 18.7 Å². The molecule has 1 saturated heterocycles. The Morgan fingerprint density at radius 3 is 2.60 bits per heavy atom. The minimum Gasteiger partial charge on any atom is -0.481 e. The number of rotatable bonds is 3. The number of pyridine rings is 1. The van der Waals surface area contributed by atoms with Gasteiger partial charge in [-0.25, -0.2) is 4.98 Å². The van der Waals surface area contributed by atoms with E-state index in [9.17, 15) is 4.79 Å². The number of fused-ring (bicyclic) bond motifs is 1. The third-order valence-corrected chi connectivity index (χ3v) is 3.79. The van der Waals surface area contributed by atoms with Crippen LogP contribution in [0.5, 0.6) is 0 Å². The van der Waals surface area contributed by atoms with E-state index in [-0.39, 0.29) is 6.42 Å². The van der Waals surface area contributed by atoms with E-state index >= 15 is 0 Å². The fourth-order valence-corrected chi connectivity index (χ4v) is 2.79. The molecule has 1 aliphatic heterocycles. The number of aromatic nitrogens is 2. The van der Waals surface area contributed by atoms with Crippen LogP contribution in [0.4, 0.5) is 5.69 Å². The van der Waals surface area contributed by atoms with Gasteiger partial charge in [0.05, 0.1) is 17.8 Å². The fourth-order valence-electron chi connectivity index (χ4n) is 2.79. The first-order valence-corrected chi connectivity index (χ1v) is 7.17. The van der Waals surface area contributed by atoms with E-state index in [4.69, 9.17) is 5.11 Å². The number of anilines is 1. The van der Waals surface area contributed by atoms with E-state index in [1.807, 2.05) is 16.7 Å². The minimum atomic E-state index is -0.846. The van der Waals surface area contributed by atoms with Crippen LogP contribution >= 0.6 is 0 Å². The summed E-state index contributed by atoms with van der Waals surface area (Å²) in [6.07, 6.45) is 8.95. The average molecular weight is 273 g/mol. The predicted octanol–water partition coefficient (Wildman–Crippen LogP) is 2.34. The van der Waals surface area contributed by atoms with Crippen molar-refractivity contribution in [2.75, 3.05) is 18.0 Å². The van der Waals surface area contributed by atoms with Crippen LogP contribution in [0.1, 0.15) is 31.4 Å². The fraction of sp³-hybridized carbons (Fsp3) is 0.467. The molecule has 3 rings (SSSR count). The molecule has 3 heterocycles. The van der Waals surface area contributed by atoms with Gasteiger partial charge < -0.3 is 14.4 Å². The number of carboxylic acids is 1. The maximum atomic E-state index is 10.7. The molecule has 20 heavy (non-hydrogen) atoms. The standard InChI is InChI=1S/C15H19N3O2/c19-15(20)9-12-10-18-11-13(5-6-14(18)16-12)17-7-3-1-2-4-8-17/h5-6,10-11H,1-4,7-9H2,(H,19,20). The summed E-state index contributed by atoms with van der Waals surface area (Å²) in [5.41, 5.74) is 2.60. The number of hydrogen-bond donors (Lipinski definition) is 1. The lowest BCUT2D eigenvalue weighted by molar-refractivity contribution is -0.136. The topological polar surface area (TPSA) is 57.8 Å². The average Bonchev–Trinajstić information content (AvgIpc) is 2.62. The summed E-state index contributed by atoms with van der Waals surface area (Å²) in [5.74, 6) is -0.846. The molecule has 5 nitrogen and oxygen atoms in total. The smallest absolute Gasteiger partial charge is 0.309 e. The largest absolute Gasteiger partial charge is 0.481 e. The Bertz CT molecular complexity index is 613. The zero-order chi connectivity index (χ0) is 13.9. The van der Waals surface area contributed by atoms with Gasteiger partial charge in [-0.1, -0.05) is 12.8 Å². The molecule has 0 spiro atoms. The summed E-state index contributed by atoms with van der Waals surface area (Å²) in [6.45, 7) is 2.20. The Morgan fingerprint density at radius 2 is 1.90 bits per heavy atom. The number of aliphatic carboxylic acids is 1. The van der Waals surface area contributed by atoms with E-state index in [0.29, 0.717) is 5.69 Å². The molecular formula is C15H19N3O2. The van der Waals surface area contributed by atoms with Gasteiger partial charge in [0.2, 0.25) is 0 Å². The maximum absolute atomic E-state index is 10.7. The van der Waals surface area contributed by atoms with E-state index in [1.165, 1.54) is 31.4 Å². The quantitative estimate of drug-likeness (QED) is 0.932. The minimum absolute atomic E-state index is 0.0271. The third-order valence-electron chi connectivity index (χ3n) is 3.79. The summed E-state index contributed by atoms with van der Waals surface area (Å²) in [6, 6.07) is 4.05. The molecule has 106 valence electrons. The van der Waals surface area contributed by atoms with E-state index in [1.54, 1.807) is 0 Å². The van der Waals surface area contributed by atoms with Crippen LogP contribution in [-0.2, 0) is 11.2 Å². The summed E-state index contributed by atoms with van der Waals surface area (Å²) in [4.78, 5) is 17.5. The Morgan fingerprint density at radius 1 is 1.15 bits per heavy atom. The Kier molecular flexibility index (Phi) is 3.58. The van der Waals surface area contributed by atoms with Gasteiger partial charge in [-0.2, -0.15) is 0 Å². The third kappa shape index (κ3) is 2.76. The van der Waals surface area contributed by atoms with Crippen molar-refractivity contribution in [2.24, 2.45) is 0 Å². The molecule has 1 aliphatic rings. The van der Waals surface area contributed by atoms with Crippen molar-refractivity contribution in [3.05, 3.63) is 30.2 Å². The molecule has 0 atom stereocenters. The number of nitrogens with zero attached hydrogens (tertiary/aromatic N) is 3. The van der Waals surface area contributed by atoms with Crippen LogP contribution in [0, 0.1) is 0 Å². The molecule has 0 saturated carbocycles. The van der Waals surface area contributed by atoms with Gasteiger partial charge in [-0.15, -0.1) is 0 Å². The number of imidazole rings is 1. The van der Waals surface area contributed by atoms with Crippen LogP contribution in [0.25, 0.3) is 5.65 Å². The summed E-state index contributed by atoms with van der Waals surface area (Å²) in [7, 11) is 0. The molecule has 1 fully saturated rings. The molecule has 0 amide bonds. The second-order valence-corrected chi connectivity index (χ2v) is 5.36. The van der Waals surface area contributed by atoms with Crippen molar-refractivity contribution in [3.8, 4) is 0 Å². The number of carbonyl (C=O) groups is 1. The first-order chi connectivity index (χ1) is 9.72. The van der Waals surface area contributed by atoms with Crippen LogP contribution < -0.4 is 4.90 Å². The predicted molar refractivity (Wildman–Crippen MR) is 77.2 cm³/mol. The zero-order valence-corrected chi connectivity index (χ0v) is 11.5. The van der Waals surface area contributed by atoms with Crippen molar-refractivity contribution >= 4 is 17.3 Å². The van der Waals surface area contributed by atoms with Crippen molar-refractivity contribution in [2.45, 2.75) is 32.1 Å². The maximum Gasteiger partial charge on any atom is 0.309 e. The lowest BCUT2D eigenvalue weighted by Gasteiger charge is -2.22. The first-order valence-electron chi connectivity index (χ1n) is 7.17. The monoisotopic (exact) mass is 273 g/mol. The molecule has 0 unspecified atom stereocenters. The highest BCUT2D eigenvalue weighted by molar-refractivity contribution is 5.70. The van der Waals surface area contributed by atoms with Gasteiger partial charge in [0, 0.05) is 25.5 Å².